The van der Waals surface area contributed by atoms with Crippen molar-refractivity contribution in [1.29, 1.82) is 0 Å². The first-order valence-electron chi connectivity index (χ1n) is 13.4. The highest BCUT2D eigenvalue weighted by atomic mass is 19.4. The van der Waals surface area contributed by atoms with Gasteiger partial charge in [0.15, 0.2) is 11.6 Å². The normalized spacial score (nSPS) is 15.8. The number of urea groups is 1. The predicted octanol–water partition coefficient (Wildman–Crippen LogP) is 6.86. The van der Waals surface area contributed by atoms with E-state index in [2.05, 4.69) is 10.6 Å². The summed E-state index contributed by atoms with van der Waals surface area (Å²) in [6.07, 6.45) is -1.60. The summed E-state index contributed by atoms with van der Waals surface area (Å²) in [5, 5.41) is 15.8. The van der Waals surface area contributed by atoms with Crippen molar-refractivity contribution in [3.05, 3.63) is 101 Å². The fraction of sp³-hybridized carbons (Fsp3) is 0.387. The molecule has 1 aliphatic carbocycles. The molecule has 220 valence electrons. The third-order valence-corrected chi connectivity index (χ3v) is 7.05. The van der Waals surface area contributed by atoms with Crippen LogP contribution in [0.25, 0.3) is 0 Å². The van der Waals surface area contributed by atoms with Gasteiger partial charge in [-0.1, -0.05) is 49.2 Å². The molecule has 1 fully saturated rings. The van der Waals surface area contributed by atoms with E-state index in [0.29, 0.717) is 11.6 Å². The molecule has 4 rings (SSSR count). The molecule has 41 heavy (non-hydrogen) atoms. The Balaban J connectivity index is 1.92. The number of benzene rings is 3. The Bertz CT molecular complexity index is 1350. The summed E-state index contributed by atoms with van der Waals surface area (Å²) in [5.74, 6) is -2.21. The number of aliphatic hydroxyl groups is 1. The van der Waals surface area contributed by atoms with E-state index >= 15 is 0 Å². The number of halogens is 5. The van der Waals surface area contributed by atoms with Gasteiger partial charge in [0.25, 0.3) is 0 Å². The van der Waals surface area contributed by atoms with E-state index in [4.69, 9.17) is 4.74 Å². The molecule has 0 bridgehead atoms. The third kappa shape index (κ3) is 7.75. The van der Waals surface area contributed by atoms with E-state index in [0.717, 1.165) is 43.9 Å². The van der Waals surface area contributed by atoms with Gasteiger partial charge in [-0.05, 0) is 73.7 Å². The van der Waals surface area contributed by atoms with E-state index < -0.39 is 40.5 Å². The lowest BCUT2D eigenvalue weighted by Gasteiger charge is -2.37. The molecule has 0 aromatic heterocycles. The molecule has 5 nitrogen and oxygen atoms in total. The smallest absolute Gasteiger partial charge is 0.416 e. The van der Waals surface area contributed by atoms with Gasteiger partial charge < -0.3 is 20.5 Å². The molecule has 0 heterocycles. The second-order valence-corrected chi connectivity index (χ2v) is 11.1. The Morgan fingerprint density at radius 1 is 0.927 bits per heavy atom. The number of carbonyl (C=O) groups excluding carboxylic acids is 1. The van der Waals surface area contributed by atoms with Gasteiger partial charge in [0, 0.05) is 12.5 Å². The molecule has 1 saturated carbocycles. The van der Waals surface area contributed by atoms with Crippen LogP contribution >= 0.6 is 0 Å². The average Bonchev–Trinajstić information content (AvgIpc) is 3.40. The maximum Gasteiger partial charge on any atom is 0.416 e. The maximum atomic E-state index is 14.9. The van der Waals surface area contributed by atoms with Crippen molar-refractivity contribution < 1.29 is 36.6 Å². The minimum atomic E-state index is -4.87. The number of rotatable bonds is 9. The van der Waals surface area contributed by atoms with Crippen molar-refractivity contribution in [2.24, 2.45) is 0 Å². The minimum absolute atomic E-state index is 0.0940. The SMILES string of the molecule is CC(C)(O)COc1cc(C(Cc2ccccc2)(NC(=O)NC2CCCC2)c2cc(F)cc(C(F)(F)F)c2)ccc1F. The van der Waals surface area contributed by atoms with Crippen molar-refractivity contribution >= 4 is 6.03 Å². The minimum Gasteiger partial charge on any atom is -0.488 e. The van der Waals surface area contributed by atoms with Crippen molar-refractivity contribution in [2.75, 3.05) is 6.61 Å². The van der Waals surface area contributed by atoms with E-state index in [-0.39, 0.29) is 35.9 Å². The summed E-state index contributed by atoms with van der Waals surface area (Å²) < 4.78 is 76.9. The van der Waals surface area contributed by atoms with Crippen LogP contribution in [-0.4, -0.2) is 29.4 Å². The standard InChI is InChI=1S/C31H33F5N2O3/c1-29(2,40)19-41-27-17-21(12-13-26(27)33)30(18-20-8-4-3-5-9-20,38-28(39)37-25-10-6-7-11-25)22-14-23(31(34,35)36)16-24(32)15-22/h3-5,8-9,12-17,25,40H,6-7,10-11,18-19H2,1-2H3,(H2,37,38,39). The molecule has 10 heteroatoms. The molecule has 3 N–H and O–H groups in total. The summed E-state index contributed by atoms with van der Waals surface area (Å²) in [4.78, 5) is 13.5. The number of alkyl halides is 3. The molecule has 1 atom stereocenters. The second kappa shape index (κ2) is 12.1. The molecule has 3 aromatic rings. The number of carbonyl (C=O) groups is 1. The van der Waals surface area contributed by atoms with Crippen molar-refractivity contribution in [2.45, 2.75) is 69.3 Å². The molecular weight excluding hydrogens is 543 g/mol. The van der Waals surface area contributed by atoms with Crippen LogP contribution in [0.2, 0.25) is 0 Å². The molecule has 0 saturated heterocycles. The Hall–Kier alpha value is -3.66. The number of hydrogen-bond donors (Lipinski definition) is 3. The Morgan fingerprint density at radius 2 is 1.59 bits per heavy atom. The first-order chi connectivity index (χ1) is 19.2. The maximum absolute atomic E-state index is 14.9. The molecule has 2 amide bonds. The lowest BCUT2D eigenvalue weighted by Crippen LogP contribution is -2.53. The largest absolute Gasteiger partial charge is 0.488 e. The van der Waals surface area contributed by atoms with E-state index in [1.165, 1.54) is 26.0 Å². The third-order valence-electron chi connectivity index (χ3n) is 7.05. The first-order valence-corrected chi connectivity index (χ1v) is 13.4. The zero-order valence-corrected chi connectivity index (χ0v) is 22.8. The Labute approximate surface area is 235 Å². The van der Waals surface area contributed by atoms with Gasteiger partial charge in [0.1, 0.15) is 12.4 Å². The van der Waals surface area contributed by atoms with E-state index in [1.807, 2.05) is 0 Å². The molecule has 0 spiro atoms. The molecule has 0 radical (unpaired) electrons. The second-order valence-electron chi connectivity index (χ2n) is 11.1. The predicted molar refractivity (Wildman–Crippen MR) is 144 cm³/mol. The van der Waals surface area contributed by atoms with Crippen LogP contribution in [0.4, 0.5) is 26.7 Å². The topological polar surface area (TPSA) is 70.6 Å². The van der Waals surface area contributed by atoms with Crippen LogP contribution < -0.4 is 15.4 Å². The van der Waals surface area contributed by atoms with Crippen LogP contribution in [0.3, 0.4) is 0 Å². The Kier molecular flexibility index (Phi) is 8.91. The van der Waals surface area contributed by atoms with Crippen molar-refractivity contribution in [1.82, 2.24) is 10.6 Å². The lowest BCUT2D eigenvalue weighted by atomic mass is 9.77. The number of hydrogen-bond acceptors (Lipinski definition) is 3. The highest BCUT2D eigenvalue weighted by Gasteiger charge is 2.41. The molecular formula is C31H33F5N2O3. The average molecular weight is 577 g/mol. The van der Waals surface area contributed by atoms with Crippen LogP contribution in [-0.2, 0) is 18.1 Å². The van der Waals surface area contributed by atoms with Gasteiger partial charge in [-0.3, -0.25) is 0 Å². The van der Waals surface area contributed by atoms with Crippen molar-refractivity contribution in [3.8, 4) is 5.75 Å². The summed E-state index contributed by atoms with van der Waals surface area (Å²) >= 11 is 0. The molecule has 0 aliphatic heterocycles. The quantitative estimate of drug-likeness (QED) is 0.244. The summed E-state index contributed by atoms with van der Waals surface area (Å²) in [6, 6.07) is 13.7. The summed E-state index contributed by atoms with van der Waals surface area (Å²) in [6.45, 7) is 2.65. The molecule has 3 aromatic carbocycles. The molecule has 1 unspecified atom stereocenters. The highest BCUT2D eigenvalue weighted by Crippen LogP contribution is 2.40. The van der Waals surface area contributed by atoms with Crippen LogP contribution in [0.15, 0.2) is 66.7 Å². The Morgan fingerprint density at radius 3 is 2.22 bits per heavy atom. The molecule has 1 aliphatic rings. The monoisotopic (exact) mass is 576 g/mol. The van der Waals surface area contributed by atoms with Crippen molar-refractivity contribution in [3.63, 3.8) is 0 Å². The summed E-state index contributed by atoms with van der Waals surface area (Å²) in [7, 11) is 0. The number of amides is 2. The zero-order chi connectivity index (χ0) is 29.8. The number of ether oxygens (including phenoxy) is 1. The van der Waals surface area contributed by atoms with Gasteiger partial charge in [0.2, 0.25) is 0 Å². The van der Waals surface area contributed by atoms with Crippen LogP contribution in [0.5, 0.6) is 5.75 Å². The van der Waals surface area contributed by atoms with Gasteiger partial charge in [0.05, 0.1) is 16.7 Å². The fourth-order valence-electron chi connectivity index (χ4n) is 5.08. The summed E-state index contributed by atoms with van der Waals surface area (Å²) in [5.41, 5.74) is -3.73. The van der Waals surface area contributed by atoms with Gasteiger partial charge >= 0.3 is 12.2 Å². The van der Waals surface area contributed by atoms with Gasteiger partial charge in [-0.25, -0.2) is 13.6 Å². The first kappa shape index (κ1) is 30.3. The van der Waals surface area contributed by atoms with E-state index in [1.54, 1.807) is 30.3 Å². The lowest BCUT2D eigenvalue weighted by molar-refractivity contribution is -0.137. The number of nitrogens with one attached hydrogen (secondary N) is 2. The highest BCUT2D eigenvalue weighted by molar-refractivity contribution is 5.76. The van der Waals surface area contributed by atoms with Gasteiger partial charge in [-0.2, -0.15) is 13.2 Å². The zero-order valence-electron chi connectivity index (χ0n) is 22.8. The van der Waals surface area contributed by atoms with Crippen LogP contribution in [0.1, 0.15) is 61.8 Å². The van der Waals surface area contributed by atoms with Crippen LogP contribution in [0, 0.1) is 11.6 Å². The fourth-order valence-corrected chi connectivity index (χ4v) is 5.08. The van der Waals surface area contributed by atoms with E-state index in [9.17, 15) is 31.9 Å². The van der Waals surface area contributed by atoms with Gasteiger partial charge in [-0.15, -0.1) is 0 Å².